The number of amides is 1. The Labute approximate surface area is 140 Å². The van der Waals surface area contributed by atoms with E-state index in [0.29, 0.717) is 30.3 Å². The molecule has 1 N–H and O–H groups in total. The number of hydrogen-bond donors (Lipinski definition) is 1. The van der Waals surface area contributed by atoms with Crippen molar-refractivity contribution >= 4 is 17.4 Å². The molecule has 0 atom stereocenters. The van der Waals surface area contributed by atoms with Gasteiger partial charge in [-0.25, -0.2) is 14.4 Å². The molecule has 6 nitrogen and oxygen atoms in total. The standard InChI is InChI=1S/C17H20FN5O/c1-2-22-7-9-23(10-8-22)17(24)15-11-16(20-12-19-15)21-14-5-3-13(18)4-6-14/h3-6,11-12H,2,7-10H2,1H3,(H,19,20,21). The lowest BCUT2D eigenvalue weighted by atomic mass is 10.2. The van der Waals surface area contributed by atoms with Gasteiger partial charge in [-0.15, -0.1) is 0 Å². The van der Waals surface area contributed by atoms with Crippen LogP contribution in [0.25, 0.3) is 0 Å². The topological polar surface area (TPSA) is 61.4 Å². The highest BCUT2D eigenvalue weighted by atomic mass is 19.1. The zero-order valence-corrected chi connectivity index (χ0v) is 13.6. The number of carbonyl (C=O) groups is 1. The van der Waals surface area contributed by atoms with Crippen molar-refractivity contribution in [1.29, 1.82) is 0 Å². The van der Waals surface area contributed by atoms with E-state index in [2.05, 4.69) is 27.1 Å². The summed E-state index contributed by atoms with van der Waals surface area (Å²) >= 11 is 0. The molecule has 2 heterocycles. The molecule has 24 heavy (non-hydrogen) atoms. The second-order valence-electron chi connectivity index (χ2n) is 5.65. The summed E-state index contributed by atoms with van der Waals surface area (Å²) in [6.07, 6.45) is 1.36. The number of likely N-dealkylation sites (N-methyl/N-ethyl adjacent to an activating group) is 1. The minimum absolute atomic E-state index is 0.0877. The van der Waals surface area contributed by atoms with E-state index in [1.165, 1.54) is 18.5 Å². The SMILES string of the molecule is CCN1CCN(C(=O)c2cc(Nc3ccc(F)cc3)ncn2)CC1. The Morgan fingerprint density at radius 2 is 1.88 bits per heavy atom. The van der Waals surface area contributed by atoms with Crippen LogP contribution in [0.3, 0.4) is 0 Å². The molecule has 0 spiro atoms. The Hall–Kier alpha value is -2.54. The van der Waals surface area contributed by atoms with Gasteiger partial charge in [-0.3, -0.25) is 4.79 Å². The van der Waals surface area contributed by atoms with Crippen LogP contribution in [0, 0.1) is 5.82 Å². The van der Waals surface area contributed by atoms with Crippen LogP contribution < -0.4 is 5.32 Å². The Morgan fingerprint density at radius 1 is 1.17 bits per heavy atom. The van der Waals surface area contributed by atoms with Crippen LogP contribution in [0.2, 0.25) is 0 Å². The van der Waals surface area contributed by atoms with E-state index in [0.717, 1.165) is 19.6 Å². The van der Waals surface area contributed by atoms with Gasteiger partial charge in [-0.1, -0.05) is 6.92 Å². The predicted octanol–water partition coefficient (Wildman–Crippen LogP) is 2.14. The van der Waals surface area contributed by atoms with Crippen LogP contribution in [0.1, 0.15) is 17.4 Å². The zero-order chi connectivity index (χ0) is 16.9. The molecule has 1 saturated heterocycles. The van der Waals surface area contributed by atoms with Crippen molar-refractivity contribution in [2.24, 2.45) is 0 Å². The Bertz CT molecular complexity index is 698. The molecular weight excluding hydrogens is 309 g/mol. The van der Waals surface area contributed by atoms with Crippen molar-refractivity contribution in [3.63, 3.8) is 0 Å². The molecule has 2 aromatic rings. The van der Waals surface area contributed by atoms with Crippen molar-refractivity contribution in [3.8, 4) is 0 Å². The molecular formula is C17H20FN5O. The first-order chi connectivity index (χ1) is 11.7. The van der Waals surface area contributed by atoms with E-state index in [4.69, 9.17) is 0 Å². The fraction of sp³-hybridized carbons (Fsp3) is 0.353. The Kier molecular flexibility index (Phi) is 5.00. The summed E-state index contributed by atoms with van der Waals surface area (Å²) in [6, 6.07) is 7.58. The first-order valence-electron chi connectivity index (χ1n) is 8.02. The molecule has 0 aliphatic carbocycles. The summed E-state index contributed by atoms with van der Waals surface area (Å²) < 4.78 is 12.9. The van der Waals surface area contributed by atoms with Gasteiger partial charge in [0.15, 0.2) is 0 Å². The molecule has 126 valence electrons. The van der Waals surface area contributed by atoms with Gasteiger partial charge in [0.2, 0.25) is 0 Å². The lowest BCUT2D eigenvalue weighted by Crippen LogP contribution is -2.48. The molecule has 1 amide bonds. The van der Waals surface area contributed by atoms with Gasteiger partial charge in [0.25, 0.3) is 5.91 Å². The van der Waals surface area contributed by atoms with Crippen LogP contribution in [0.4, 0.5) is 15.9 Å². The molecule has 1 aromatic heterocycles. The van der Waals surface area contributed by atoms with E-state index in [-0.39, 0.29) is 11.7 Å². The monoisotopic (exact) mass is 329 g/mol. The van der Waals surface area contributed by atoms with Crippen LogP contribution in [-0.4, -0.2) is 58.4 Å². The molecule has 1 aliphatic rings. The van der Waals surface area contributed by atoms with Crippen molar-refractivity contribution in [1.82, 2.24) is 19.8 Å². The number of nitrogens with zero attached hydrogens (tertiary/aromatic N) is 4. The van der Waals surface area contributed by atoms with Crippen molar-refractivity contribution in [2.75, 3.05) is 38.0 Å². The zero-order valence-electron chi connectivity index (χ0n) is 13.6. The van der Waals surface area contributed by atoms with E-state index in [1.807, 2.05) is 4.90 Å². The fourth-order valence-corrected chi connectivity index (χ4v) is 2.65. The van der Waals surface area contributed by atoms with Crippen LogP contribution >= 0.6 is 0 Å². The number of piperazine rings is 1. The van der Waals surface area contributed by atoms with Crippen LogP contribution in [-0.2, 0) is 0 Å². The van der Waals surface area contributed by atoms with Gasteiger partial charge in [-0.05, 0) is 30.8 Å². The summed E-state index contributed by atoms with van der Waals surface area (Å²) in [4.78, 5) is 24.9. The van der Waals surface area contributed by atoms with Crippen LogP contribution in [0.15, 0.2) is 36.7 Å². The molecule has 7 heteroatoms. The third-order valence-electron chi connectivity index (χ3n) is 4.11. The maximum Gasteiger partial charge on any atom is 0.272 e. The van der Waals surface area contributed by atoms with E-state index in [1.54, 1.807) is 18.2 Å². The van der Waals surface area contributed by atoms with E-state index in [9.17, 15) is 9.18 Å². The smallest absolute Gasteiger partial charge is 0.272 e. The summed E-state index contributed by atoms with van der Waals surface area (Å²) in [7, 11) is 0. The first-order valence-corrected chi connectivity index (χ1v) is 8.02. The maximum atomic E-state index is 12.9. The van der Waals surface area contributed by atoms with E-state index < -0.39 is 0 Å². The third-order valence-corrected chi connectivity index (χ3v) is 4.11. The largest absolute Gasteiger partial charge is 0.340 e. The third kappa shape index (κ3) is 3.86. The van der Waals surface area contributed by atoms with Gasteiger partial charge in [0.1, 0.15) is 23.7 Å². The van der Waals surface area contributed by atoms with Crippen molar-refractivity contribution in [2.45, 2.75) is 6.92 Å². The Balaban J connectivity index is 1.68. The summed E-state index contributed by atoms with van der Waals surface area (Å²) in [5, 5.41) is 3.05. The molecule has 0 bridgehead atoms. The highest BCUT2D eigenvalue weighted by Gasteiger charge is 2.22. The van der Waals surface area contributed by atoms with Crippen LogP contribution in [0.5, 0.6) is 0 Å². The Morgan fingerprint density at radius 3 is 2.54 bits per heavy atom. The van der Waals surface area contributed by atoms with Crippen molar-refractivity contribution in [3.05, 3.63) is 48.2 Å². The second kappa shape index (κ2) is 7.35. The first kappa shape index (κ1) is 16.3. The quantitative estimate of drug-likeness (QED) is 0.931. The average molecular weight is 329 g/mol. The summed E-state index contributed by atoms with van der Waals surface area (Å²) in [6.45, 7) is 6.30. The lowest BCUT2D eigenvalue weighted by molar-refractivity contribution is 0.0637. The number of anilines is 2. The minimum Gasteiger partial charge on any atom is -0.340 e. The molecule has 1 fully saturated rings. The normalized spacial score (nSPS) is 15.3. The number of nitrogens with one attached hydrogen (secondary N) is 1. The average Bonchev–Trinajstić information content (AvgIpc) is 2.63. The van der Waals surface area contributed by atoms with Gasteiger partial charge in [0, 0.05) is 37.9 Å². The van der Waals surface area contributed by atoms with Crippen molar-refractivity contribution < 1.29 is 9.18 Å². The predicted molar refractivity (Wildman–Crippen MR) is 89.7 cm³/mol. The number of hydrogen-bond acceptors (Lipinski definition) is 5. The second-order valence-corrected chi connectivity index (χ2v) is 5.65. The molecule has 1 aromatic carbocycles. The number of benzene rings is 1. The number of carbonyl (C=O) groups excluding carboxylic acids is 1. The van der Waals surface area contributed by atoms with E-state index >= 15 is 0 Å². The number of halogens is 1. The minimum atomic E-state index is -0.301. The van der Waals surface area contributed by atoms with Gasteiger partial charge in [0.05, 0.1) is 0 Å². The molecule has 1 aliphatic heterocycles. The molecule has 3 rings (SSSR count). The van der Waals surface area contributed by atoms with Gasteiger partial charge >= 0.3 is 0 Å². The lowest BCUT2D eigenvalue weighted by Gasteiger charge is -2.33. The molecule has 0 saturated carbocycles. The summed E-state index contributed by atoms with van der Waals surface area (Å²) in [5.74, 6) is 0.118. The highest BCUT2D eigenvalue weighted by molar-refractivity contribution is 5.93. The number of rotatable bonds is 4. The van der Waals surface area contributed by atoms with Gasteiger partial charge in [-0.2, -0.15) is 0 Å². The fourth-order valence-electron chi connectivity index (χ4n) is 2.65. The molecule has 0 radical (unpaired) electrons. The van der Waals surface area contributed by atoms with Gasteiger partial charge < -0.3 is 15.1 Å². The maximum absolute atomic E-state index is 12.9. The molecule has 0 unspecified atom stereocenters. The highest BCUT2D eigenvalue weighted by Crippen LogP contribution is 2.16. The summed E-state index contributed by atoms with van der Waals surface area (Å²) in [5.41, 5.74) is 1.06. The number of aromatic nitrogens is 2.